The van der Waals surface area contributed by atoms with E-state index in [1.807, 2.05) is 5.20 Å². The standard InChI is InChI=1S/C16H32Si/c1-12(2)17(13(3)4,14(5)6)16-11-9-8-10-15(16)7/h12-14H,8-11H2,1-7H3. The largest absolute Gasteiger partial charge is 0.0890 e. The van der Waals surface area contributed by atoms with Gasteiger partial charge in [0.15, 0.2) is 0 Å². The van der Waals surface area contributed by atoms with Crippen LogP contribution in [-0.2, 0) is 0 Å². The molecule has 0 unspecified atom stereocenters. The summed E-state index contributed by atoms with van der Waals surface area (Å²) < 4.78 is 0. The van der Waals surface area contributed by atoms with Crippen LogP contribution >= 0.6 is 0 Å². The summed E-state index contributed by atoms with van der Waals surface area (Å²) in [5, 5.41) is 1.95. The molecule has 0 heterocycles. The lowest BCUT2D eigenvalue weighted by molar-refractivity contribution is 0.673. The van der Waals surface area contributed by atoms with Gasteiger partial charge in [-0.2, -0.15) is 0 Å². The van der Waals surface area contributed by atoms with Crippen molar-refractivity contribution in [3.63, 3.8) is 0 Å². The van der Waals surface area contributed by atoms with Crippen molar-refractivity contribution in [3.8, 4) is 0 Å². The molecule has 0 atom stereocenters. The molecule has 0 aromatic heterocycles. The Labute approximate surface area is 110 Å². The van der Waals surface area contributed by atoms with Crippen molar-refractivity contribution in [2.75, 3.05) is 0 Å². The first-order chi connectivity index (χ1) is 7.85. The van der Waals surface area contributed by atoms with Crippen LogP contribution in [-0.4, -0.2) is 8.07 Å². The summed E-state index contributed by atoms with van der Waals surface area (Å²) in [7, 11) is -1.31. The normalized spacial score (nSPS) is 18.7. The third-order valence-electron chi connectivity index (χ3n) is 5.13. The van der Waals surface area contributed by atoms with Crippen molar-refractivity contribution in [3.05, 3.63) is 10.8 Å². The van der Waals surface area contributed by atoms with Gasteiger partial charge in [0.1, 0.15) is 0 Å². The highest BCUT2D eigenvalue weighted by molar-refractivity contribution is 6.90. The molecule has 0 bridgehead atoms. The van der Waals surface area contributed by atoms with Gasteiger partial charge >= 0.3 is 0 Å². The highest BCUT2D eigenvalue weighted by atomic mass is 28.3. The zero-order valence-corrected chi connectivity index (χ0v) is 14.1. The molecule has 0 saturated carbocycles. The van der Waals surface area contributed by atoms with Crippen LogP contribution in [0.15, 0.2) is 10.8 Å². The summed E-state index contributed by atoms with van der Waals surface area (Å²) in [4.78, 5) is 0. The van der Waals surface area contributed by atoms with E-state index in [0.717, 1.165) is 16.6 Å². The predicted octanol–water partition coefficient (Wildman–Crippen LogP) is 6.09. The molecule has 0 radical (unpaired) electrons. The van der Waals surface area contributed by atoms with Gasteiger partial charge < -0.3 is 0 Å². The summed E-state index contributed by atoms with van der Waals surface area (Å²) in [6.07, 6.45) is 5.64. The number of hydrogen-bond donors (Lipinski definition) is 0. The van der Waals surface area contributed by atoms with Crippen LogP contribution in [0.4, 0.5) is 0 Å². The molecule has 1 aliphatic rings. The average molecular weight is 253 g/mol. The van der Waals surface area contributed by atoms with E-state index in [9.17, 15) is 0 Å². The lowest BCUT2D eigenvalue weighted by atomic mass is 10.0. The maximum absolute atomic E-state index is 2.49. The zero-order chi connectivity index (χ0) is 13.2. The van der Waals surface area contributed by atoms with Crippen LogP contribution in [0.2, 0.25) is 16.6 Å². The minimum Gasteiger partial charge on any atom is -0.0806 e. The number of rotatable bonds is 4. The van der Waals surface area contributed by atoms with E-state index < -0.39 is 8.07 Å². The smallest absolute Gasteiger partial charge is 0.0806 e. The first kappa shape index (κ1) is 15.0. The molecule has 0 saturated heterocycles. The van der Waals surface area contributed by atoms with Crippen molar-refractivity contribution >= 4 is 8.07 Å². The molecular weight excluding hydrogens is 220 g/mol. The molecule has 0 fully saturated rings. The van der Waals surface area contributed by atoms with Gasteiger partial charge in [-0.1, -0.05) is 52.3 Å². The quantitative estimate of drug-likeness (QED) is 0.531. The predicted molar refractivity (Wildman–Crippen MR) is 82.2 cm³/mol. The molecule has 0 aromatic rings. The van der Waals surface area contributed by atoms with Crippen LogP contribution in [0, 0.1) is 0 Å². The van der Waals surface area contributed by atoms with Crippen LogP contribution in [0.3, 0.4) is 0 Å². The second-order valence-electron chi connectivity index (χ2n) is 6.86. The van der Waals surface area contributed by atoms with E-state index in [1.54, 1.807) is 5.57 Å². The third-order valence-corrected chi connectivity index (χ3v) is 12.6. The molecule has 0 aliphatic heterocycles. The Morgan fingerprint density at radius 3 is 1.53 bits per heavy atom. The van der Waals surface area contributed by atoms with Crippen LogP contribution in [0.25, 0.3) is 0 Å². The Morgan fingerprint density at radius 1 is 0.765 bits per heavy atom. The summed E-state index contributed by atoms with van der Waals surface area (Å²) in [6, 6.07) is 0. The maximum atomic E-state index is 2.49. The molecule has 0 nitrogen and oxygen atoms in total. The second kappa shape index (κ2) is 5.73. The summed E-state index contributed by atoms with van der Waals surface area (Å²) in [5.74, 6) is 0. The molecule has 0 aromatic carbocycles. The first-order valence-electron chi connectivity index (χ1n) is 7.54. The van der Waals surface area contributed by atoms with Gasteiger partial charge in [0.2, 0.25) is 0 Å². The Kier molecular flexibility index (Phi) is 5.06. The fourth-order valence-corrected chi connectivity index (χ4v) is 12.3. The lowest BCUT2D eigenvalue weighted by Crippen LogP contribution is -2.47. The maximum Gasteiger partial charge on any atom is 0.0890 e. The monoisotopic (exact) mass is 252 g/mol. The molecule has 1 rings (SSSR count). The molecule has 100 valence electrons. The van der Waals surface area contributed by atoms with Crippen LogP contribution < -0.4 is 0 Å². The number of allylic oxidation sites excluding steroid dienone is 2. The van der Waals surface area contributed by atoms with Crippen LogP contribution in [0.1, 0.15) is 74.1 Å². The first-order valence-corrected chi connectivity index (χ1v) is 9.77. The Morgan fingerprint density at radius 2 is 1.18 bits per heavy atom. The highest BCUT2D eigenvalue weighted by Crippen LogP contribution is 2.50. The van der Waals surface area contributed by atoms with E-state index in [1.165, 1.54) is 25.7 Å². The van der Waals surface area contributed by atoms with Crippen molar-refractivity contribution < 1.29 is 0 Å². The Balaban J connectivity index is 3.31. The molecule has 1 heteroatoms. The minimum atomic E-state index is -1.31. The second-order valence-corrected chi connectivity index (χ2v) is 12.8. The van der Waals surface area contributed by atoms with E-state index in [4.69, 9.17) is 0 Å². The summed E-state index contributed by atoms with van der Waals surface area (Å²) in [5.41, 5.74) is 4.40. The van der Waals surface area contributed by atoms with Crippen molar-refractivity contribution in [1.29, 1.82) is 0 Å². The van der Waals surface area contributed by atoms with Gasteiger partial charge in [-0.05, 0) is 49.2 Å². The van der Waals surface area contributed by atoms with Gasteiger partial charge in [-0.15, -0.1) is 0 Å². The molecule has 0 amide bonds. The van der Waals surface area contributed by atoms with Gasteiger partial charge in [-0.3, -0.25) is 0 Å². The molecular formula is C16H32Si. The lowest BCUT2D eigenvalue weighted by Gasteiger charge is -2.47. The SMILES string of the molecule is CC1=C([Si](C(C)C)(C(C)C)C(C)C)CCCC1. The minimum absolute atomic E-state index is 0.880. The van der Waals surface area contributed by atoms with Crippen molar-refractivity contribution in [2.45, 2.75) is 90.8 Å². The van der Waals surface area contributed by atoms with Crippen molar-refractivity contribution in [1.82, 2.24) is 0 Å². The third kappa shape index (κ3) is 2.54. The van der Waals surface area contributed by atoms with Gasteiger partial charge in [-0.25, -0.2) is 0 Å². The molecule has 17 heavy (non-hydrogen) atoms. The van der Waals surface area contributed by atoms with Gasteiger partial charge in [0.05, 0.1) is 8.07 Å². The topological polar surface area (TPSA) is 0 Å². The number of hydrogen-bond acceptors (Lipinski definition) is 0. The van der Waals surface area contributed by atoms with E-state index in [0.29, 0.717) is 0 Å². The fourth-order valence-electron chi connectivity index (χ4n) is 4.69. The highest BCUT2D eigenvalue weighted by Gasteiger charge is 2.46. The van der Waals surface area contributed by atoms with E-state index >= 15 is 0 Å². The molecule has 1 aliphatic carbocycles. The van der Waals surface area contributed by atoms with Gasteiger partial charge in [0.25, 0.3) is 0 Å². The molecule has 0 N–H and O–H groups in total. The van der Waals surface area contributed by atoms with E-state index in [2.05, 4.69) is 48.5 Å². The fraction of sp³-hybridized carbons (Fsp3) is 0.875. The zero-order valence-electron chi connectivity index (χ0n) is 13.1. The van der Waals surface area contributed by atoms with Gasteiger partial charge in [0, 0.05) is 0 Å². The van der Waals surface area contributed by atoms with Crippen molar-refractivity contribution in [2.24, 2.45) is 0 Å². The Bertz CT molecular complexity index is 262. The van der Waals surface area contributed by atoms with E-state index in [-0.39, 0.29) is 0 Å². The van der Waals surface area contributed by atoms with Crippen LogP contribution in [0.5, 0.6) is 0 Å². The Hall–Kier alpha value is -0.0431. The molecule has 0 spiro atoms. The summed E-state index contributed by atoms with van der Waals surface area (Å²) >= 11 is 0. The average Bonchev–Trinajstić information content (AvgIpc) is 2.19. The summed E-state index contributed by atoms with van der Waals surface area (Å²) in [6.45, 7) is 17.3.